The summed E-state index contributed by atoms with van der Waals surface area (Å²) in [6.07, 6.45) is 2.41. The Labute approximate surface area is 119 Å². The van der Waals surface area contributed by atoms with Crippen LogP contribution in [0.1, 0.15) is 45.2 Å². The molecule has 1 atom stereocenters. The third-order valence-corrected chi connectivity index (χ3v) is 4.19. The molecule has 1 unspecified atom stereocenters. The van der Waals surface area contributed by atoms with Crippen molar-refractivity contribution in [2.45, 2.75) is 52.3 Å². The molecule has 1 fully saturated rings. The van der Waals surface area contributed by atoms with Gasteiger partial charge in [0.15, 0.2) is 0 Å². The summed E-state index contributed by atoms with van der Waals surface area (Å²) < 4.78 is 28.9. The molecule has 0 heterocycles. The quantitative estimate of drug-likeness (QED) is 0.837. The van der Waals surface area contributed by atoms with Crippen molar-refractivity contribution in [1.29, 1.82) is 0 Å². The Hall–Kier alpha value is -1.16. The van der Waals surface area contributed by atoms with Gasteiger partial charge in [0.2, 0.25) is 0 Å². The molecule has 1 aromatic carbocycles. The van der Waals surface area contributed by atoms with Gasteiger partial charge in [-0.1, -0.05) is 26.0 Å². The van der Waals surface area contributed by atoms with Gasteiger partial charge < -0.3 is 10.1 Å². The summed E-state index contributed by atoms with van der Waals surface area (Å²) in [6.45, 7) is 3.81. The van der Waals surface area contributed by atoms with Gasteiger partial charge in [0.1, 0.15) is 5.75 Å². The first-order chi connectivity index (χ1) is 9.45. The minimum Gasteiger partial charge on any atom is -0.435 e. The van der Waals surface area contributed by atoms with E-state index in [0.29, 0.717) is 6.04 Å². The van der Waals surface area contributed by atoms with Gasteiger partial charge in [-0.15, -0.1) is 0 Å². The van der Waals surface area contributed by atoms with Crippen LogP contribution in [0.25, 0.3) is 0 Å². The molecule has 1 N–H and O–H groups in total. The molecule has 0 spiro atoms. The minimum absolute atomic E-state index is 0.148. The fourth-order valence-electron chi connectivity index (χ4n) is 2.75. The maximum atomic E-state index is 12.2. The van der Waals surface area contributed by atoms with E-state index >= 15 is 0 Å². The fraction of sp³-hybridized carbons (Fsp3) is 0.625. The van der Waals surface area contributed by atoms with Gasteiger partial charge in [-0.2, -0.15) is 8.78 Å². The van der Waals surface area contributed by atoms with Crippen LogP contribution in [0.2, 0.25) is 0 Å². The van der Waals surface area contributed by atoms with Crippen molar-refractivity contribution >= 4 is 0 Å². The monoisotopic (exact) mass is 283 g/mol. The van der Waals surface area contributed by atoms with Crippen molar-refractivity contribution in [3.05, 3.63) is 29.8 Å². The highest BCUT2D eigenvalue weighted by molar-refractivity contribution is 5.30. The van der Waals surface area contributed by atoms with Crippen LogP contribution in [0.15, 0.2) is 24.3 Å². The minimum atomic E-state index is -2.77. The van der Waals surface area contributed by atoms with E-state index < -0.39 is 6.61 Å². The average molecular weight is 283 g/mol. The zero-order valence-electron chi connectivity index (χ0n) is 12.3. The first kappa shape index (κ1) is 15.2. The van der Waals surface area contributed by atoms with Crippen molar-refractivity contribution in [3.63, 3.8) is 0 Å². The number of rotatable bonds is 6. The SMILES string of the molecule is CC(NC1CC(C(C)C)C1)c1cccc(OC(F)F)c1. The molecule has 1 aliphatic rings. The molecule has 112 valence electrons. The molecule has 1 aromatic rings. The number of hydrogen-bond acceptors (Lipinski definition) is 2. The number of alkyl halides is 2. The summed E-state index contributed by atoms with van der Waals surface area (Å²) in [7, 11) is 0. The molecular formula is C16H23F2NO. The molecule has 2 rings (SSSR count). The molecule has 2 nitrogen and oxygen atoms in total. The highest BCUT2D eigenvalue weighted by Gasteiger charge is 2.31. The lowest BCUT2D eigenvalue weighted by Gasteiger charge is -2.40. The van der Waals surface area contributed by atoms with Crippen LogP contribution in [-0.4, -0.2) is 12.7 Å². The zero-order chi connectivity index (χ0) is 14.7. The standard InChI is InChI=1S/C16H23F2NO/c1-10(2)13-7-14(8-13)19-11(3)12-5-4-6-15(9-12)20-16(17)18/h4-6,9-11,13-14,16,19H,7-8H2,1-3H3. The van der Waals surface area contributed by atoms with Gasteiger partial charge in [-0.3, -0.25) is 0 Å². The van der Waals surface area contributed by atoms with Crippen LogP contribution in [0.4, 0.5) is 8.78 Å². The Morgan fingerprint density at radius 3 is 2.50 bits per heavy atom. The van der Waals surface area contributed by atoms with E-state index in [1.54, 1.807) is 18.2 Å². The number of ether oxygens (including phenoxy) is 1. The molecule has 4 heteroatoms. The highest BCUT2D eigenvalue weighted by Crippen LogP contribution is 2.35. The number of benzene rings is 1. The predicted molar refractivity (Wildman–Crippen MR) is 76.0 cm³/mol. The van der Waals surface area contributed by atoms with E-state index in [9.17, 15) is 8.78 Å². The maximum absolute atomic E-state index is 12.2. The third-order valence-electron chi connectivity index (χ3n) is 4.19. The van der Waals surface area contributed by atoms with Crippen LogP contribution in [0, 0.1) is 11.8 Å². The number of nitrogens with one attached hydrogen (secondary N) is 1. The van der Waals surface area contributed by atoms with Crippen molar-refractivity contribution in [2.75, 3.05) is 0 Å². The van der Waals surface area contributed by atoms with Crippen molar-refractivity contribution in [2.24, 2.45) is 11.8 Å². The molecule has 0 bridgehead atoms. The van der Waals surface area contributed by atoms with Crippen molar-refractivity contribution in [1.82, 2.24) is 5.32 Å². The molecule has 0 amide bonds. The lowest BCUT2D eigenvalue weighted by Crippen LogP contribution is -2.43. The predicted octanol–water partition coefficient (Wildman–Crippen LogP) is 4.37. The molecular weight excluding hydrogens is 260 g/mol. The Kier molecular flexibility index (Phi) is 4.97. The second-order valence-corrected chi connectivity index (χ2v) is 6.01. The summed E-state index contributed by atoms with van der Waals surface area (Å²) in [6, 6.07) is 7.62. The molecule has 20 heavy (non-hydrogen) atoms. The lowest BCUT2D eigenvalue weighted by molar-refractivity contribution is -0.0499. The van der Waals surface area contributed by atoms with Gasteiger partial charge in [-0.05, 0) is 49.3 Å². The zero-order valence-corrected chi connectivity index (χ0v) is 12.3. The second kappa shape index (κ2) is 6.53. The third kappa shape index (κ3) is 3.92. The second-order valence-electron chi connectivity index (χ2n) is 6.01. The average Bonchev–Trinajstić information content (AvgIpc) is 2.32. The lowest BCUT2D eigenvalue weighted by atomic mass is 9.73. The topological polar surface area (TPSA) is 21.3 Å². The van der Waals surface area contributed by atoms with Gasteiger partial charge >= 0.3 is 6.61 Å². The molecule has 0 aliphatic heterocycles. The first-order valence-corrected chi connectivity index (χ1v) is 7.26. The summed E-state index contributed by atoms with van der Waals surface area (Å²) in [5.41, 5.74) is 0.983. The maximum Gasteiger partial charge on any atom is 0.387 e. The van der Waals surface area contributed by atoms with Gasteiger partial charge in [-0.25, -0.2) is 0 Å². The summed E-state index contributed by atoms with van der Waals surface area (Å²) in [5.74, 6) is 1.78. The fourth-order valence-corrected chi connectivity index (χ4v) is 2.75. The summed E-state index contributed by atoms with van der Waals surface area (Å²) in [5, 5.41) is 3.55. The van der Waals surface area contributed by atoms with Crippen molar-refractivity contribution < 1.29 is 13.5 Å². The normalized spacial score (nSPS) is 23.8. The van der Waals surface area contributed by atoms with Crippen LogP contribution in [0.5, 0.6) is 5.75 Å². The van der Waals surface area contributed by atoms with E-state index in [4.69, 9.17) is 0 Å². The summed E-state index contributed by atoms with van der Waals surface area (Å²) >= 11 is 0. The van der Waals surface area contributed by atoms with E-state index in [1.165, 1.54) is 12.8 Å². The Bertz CT molecular complexity index is 430. The van der Waals surface area contributed by atoms with Crippen LogP contribution in [0.3, 0.4) is 0 Å². The molecule has 1 saturated carbocycles. The van der Waals surface area contributed by atoms with E-state index in [-0.39, 0.29) is 11.8 Å². The van der Waals surface area contributed by atoms with E-state index in [1.807, 2.05) is 6.07 Å². The molecule has 0 radical (unpaired) electrons. The molecule has 0 aromatic heterocycles. The smallest absolute Gasteiger partial charge is 0.387 e. The Morgan fingerprint density at radius 2 is 1.90 bits per heavy atom. The van der Waals surface area contributed by atoms with Crippen LogP contribution < -0.4 is 10.1 Å². The van der Waals surface area contributed by atoms with Crippen molar-refractivity contribution in [3.8, 4) is 5.75 Å². The Morgan fingerprint density at radius 1 is 1.20 bits per heavy atom. The summed E-state index contributed by atoms with van der Waals surface area (Å²) in [4.78, 5) is 0. The highest BCUT2D eigenvalue weighted by atomic mass is 19.3. The van der Waals surface area contributed by atoms with Gasteiger partial charge in [0.05, 0.1) is 0 Å². The number of hydrogen-bond donors (Lipinski definition) is 1. The largest absolute Gasteiger partial charge is 0.435 e. The van der Waals surface area contributed by atoms with E-state index in [0.717, 1.165) is 17.4 Å². The molecule has 0 saturated heterocycles. The van der Waals surface area contributed by atoms with E-state index in [2.05, 4.69) is 30.8 Å². The first-order valence-electron chi connectivity index (χ1n) is 7.26. The van der Waals surface area contributed by atoms with Crippen LogP contribution in [-0.2, 0) is 0 Å². The molecule has 1 aliphatic carbocycles. The van der Waals surface area contributed by atoms with Gasteiger partial charge in [0.25, 0.3) is 0 Å². The Balaban J connectivity index is 1.88. The van der Waals surface area contributed by atoms with Gasteiger partial charge in [0, 0.05) is 12.1 Å². The number of halogens is 2. The van der Waals surface area contributed by atoms with Crippen LogP contribution >= 0.6 is 0 Å².